The first kappa shape index (κ1) is 22.9. The van der Waals surface area contributed by atoms with Gasteiger partial charge in [-0.25, -0.2) is 4.57 Å². The number of allylic oxidation sites excluding steroid dienone is 2. The molecule has 0 bridgehead atoms. The van der Waals surface area contributed by atoms with Gasteiger partial charge >= 0.3 is 7.60 Å². The maximum absolute atomic E-state index is 13.9. The van der Waals surface area contributed by atoms with Crippen molar-refractivity contribution in [2.24, 2.45) is 5.41 Å². The lowest BCUT2D eigenvalue weighted by atomic mass is 9.74. The number of benzene rings is 2. The van der Waals surface area contributed by atoms with Gasteiger partial charge in [-0.2, -0.15) is 0 Å². The fourth-order valence-corrected chi connectivity index (χ4v) is 6.12. The Kier molecular flexibility index (Phi) is 6.66. The summed E-state index contributed by atoms with van der Waals surface area (Å²) in [4.78, 5) is 13.8. The fourth-order valence-electron chi connectivity index (χ4n) is 3.89. The normalized spacial score (nSPS) is 18.3. The number of hydrogen-bond acceptors (Lipinski definition) is 5. The van der Waals surface area contributed by atoms with Crippen LogP contribution in [0.2, 0.25) is 0 Å². The number of ketones is 1. The molecule has 0 aliphatic heterocycles. The van der Waals surface area contributed by atoms with Crippen LogP contribution in [0.15, 0.2) is 53.1 Å². The average Bonchev–Trinajstić information content (AvgIpc) is 2.62. The molecule has 160 valence electrons. The topological polar surface area (TPSA) is 52.6 Å². The van der Waals surface area contributed by atoms with E-state index in [1.807, 2.05) is 52.0 Å². The van der Waals surface area contributed by atoms with Crippen molar-refractivity contribution >= 4 is 36.9 Å². The van der Waals surface area contributed by atoms with Gasteiger partial charge in [-0.15, -0.1) is 12.6 Å². The third-order valence-electron chi connectivity index (χ3n) is 5.19. The summed E-state index contributed by atoms with van der Waals surface area (Å²) in [6, 6.07) is 13.0. The van der Waals surface area contributed by atoms with E-state index in [0.717, 1.165) is 16.7 Å². The van der Waals surface area contributed by atoms with E-state index in [1.165, 1.54) is 0 Å². The van der Waals surface area contributed by atoms with E-state index >= 15 is 0 Å². The first-order chi connectivity index (χ1) is 14.1. The Bertz CT molecular complexity index is 1050. The number of carbonyl (C=O) groups excluding carboxylic acids is 1. The lowest BCUT2D eigenvalue weighted by molar-refractivity contribution is -0.116. The Balaban J connectivity index is 2.19. The molecule has 0 N–H and O–H groups in total. The van der Waals surface area contributed by atoms with E-state index in [0.29, 0.717) is 34.4 Å². The molecule has 0 saturated carbocycles. The van der Waals surface area contributed by atoms with Crippen LogP contribution in [0.3, 0.4) is 0 Å². The summed E-state index contributed by atoms with van der Waals surface area (Å²) in [6.45, 7) is 10.0. The summed E-state index contributed by atoms with van der Waals surface area (Å²) >= 11 is 4.46. The molecule has 6 heteroatoms. The van der Waals surface area contributed by atoms with Crippen LogP contribution in [0.25, 0.3) is 5.57 Å². The van der Waals surface area contributed by atoms with Crippen LogP contribution in [0.5, 0.6) is 0 Å². The van der Waals surface area contributed by atoms with Crippen molar-refractivity contribution < 1.29 is 18.4 Å². The summed E-state index contributed by atoms with van der Waals surface area (Å²) in [6.07, 6.45) is 0.901. The molecule has 1 unspecified atom stereocenters. The van der Waals surface area contributed by atoms with Gasteiger partial charge in [-0.3, -0.25) is 9.32 Å². The molecule has 0 saturated heterocycles. The van der Waals surface area contributed by atoms with Crippen molar-refractivity contribution in [1.29, 1.82) is 0 Å². The number of hydrogen-bond donors (Lipinski definition) is 1. The van der Waals surface area contributed by atoms with Crippen molar-refractivity contribution in [2.75, 3.05) is 6.61 Å². The van der Waals surface area contributed by atoms with E-state index in [1.54, 1.807) is 25.1 Å². The number of rotatable bonds is 6. The second-order valence-electron chi connectivity index (χ2n) is 8.55. The molecule has 0 spiro atoms. The SMILES string of the molecule is CCOP(=O)(OC1=C(c2ccc(C)cc2C)C(=O)CC(C)(C)C1)c1ccccc1S. The Labute approximate surface area is 184 Å². The van der Waals surface area contributed by atoms with Crippen LogP contribution in [0.4, 0.5) is 0 Å². The summed E-state index contributed by atoms with van der Waals surface area (Å²) in [7, 11) is -3.73. The zero-order chi connectivity index (χ0) is 22.1. The zero-order valence-electron chi connectivity index (χ0n) is 18.2. The van der Waals surface area contributed by atoms with Crippen molar-refractivity contribution in [1.82, 2.24) is 0 Å². The van der Waals surface area contributed by atoms with E-state index in [9.17, 15) is 9.36 Å². The molecule has 4 nitrogen and oxygen atoms in total. The van der Waals surface area contributed by atoms with Gasteiger partial charge in [0, 0.05) is 17.7 Å². The molecule has 1 aliphatic rings. The van der Waals surface area contributed by atoms with E-state index in [4.69, 9.17) is 9.05 Å². The Hall–Kier alpha value is -1.81. The quantitative estimate of drug-likeness (QED) is 0.422. The molecule has 0 heterocycles. The third kappa shape index (κ3) is 4.74. The fraction of sp³-hybridized carbons (Fsp3) is 0.375. The summed E-state index contributed by atoms with van der Waals surface area (Å²) in [5, 5.41) is 0.401. The largest absolute Gasteiger partial charge is 0.425 e. The minimum absolute atomic E-state index is 0.00425. The lowest BCUT2D eigenvalue weighted by Gasteiger charge is -2.34. The Morgan fingerprint density at radius 1 is 1.10 bits per heavy atom. The van der Waals surface area contributed by atoms with E-state index in [2.05, 4.69) is 12.6 Å². The monoisotopic (exact) mass is 444 g/mol. The van der Waals surface area contributed by atoms with Gasteiger partial charge in [0.05, 0.1) is 17.5 Å². The predicted octanol–water partition coefficient (Wildman–Crippen LogP) is 6.26. The molecule has 30 heavy (non-hydrogen) atoms. The maximum Gasteiger partial charge on any atom is 0.411 e. The molecule has 0 aromatic heterocycles. The van der Waals surface area contributed by atoms with Gasteiger partial charge in [-0.1, -0.05) is 49.7 Å². The molecule has 0 amide bonds. The van der Waals surface area contributed by atoms with E-state index in [-0.39, 0.29) is 17.8 Å². The highest BCUT2D eigenvalue weighted by Crippen LogP contribution is 2.54. The van der Waals surface area contributed by atoms with Crippen molar-refractivity contribution in [3.8, 4) is 0 Å². The second kappa shape index (κ2) is 8.74. The molecular formula is C24H29O4PS. The van der Waals surface area contributed by atoms with Gasteiger partial charge in [0.25, 0.3) is 0 Å². The highest BCUT2D eigenvalue weighted by atomic mass is 32.1. The van der Waals surface area contributed by atoms with Gasteiger partial charge in [-0.05, 0) is 49.4 Å². The van der Waals surface area contributed by atoms with Crippen molar-refractivity contribution in [3.63, 3.8) is 0 Å². The standard InChI is InChI=1S/C24H29O4PS/c1-6-27-29(26,21-9-7-8-10-22(21)30)28-20-15-24(4,5)14-19(25)23(20)18-12-11-16(2)13-17(18)3/h7-13,30H,6,14-15H2,1-5H3. The Morgan fingerprint density at radius 3 is 2.43 bits per heavy atom. The first-order valence-corrected chi connectivity index (χ1v) is 12.1. The minimum Gasteiger partial charge on any atom is -0.425 e. The summed E-state index contributed by atoms with van der Waals surface area (Å²) < 4.78 is 25.8. The van der Waals surface area contributed by atoms with Crippen LogP contribution >= 0.6 is 20.2 Å². The van der Waals surface area contributed by atoms with Crippen LogP contribution in [-0.4, -0.2) is 12.4 Å². The van der Waals surface area contributed by atoms with Gasteiger partial charge in [0.15, 0.2) is 5.78 Å². The number of thiol groups is 1. The lowest BCUT2D eigenvalue weighted by Crippen LogP contribution is -2.27. The summed E-state index contributed by atoms with van der Waals surface area (Å²) in [5.74, 6) is 0.423. The van der Waals surface area contributed by atoms with Gasteiger partial charge in [0.1, 0.15) is 5.76 Å². The van der Waals surface area contributed by atoms with Gasteiger partial charge < -0.3 is 4.52 Å². The third-order valence-corrected chi connectivity index (χ3v) is 7.80. The van der Waals surface area contributed by atoms with E-state index < -0.39 is 7.60 Å². The number of aryl methyl sites for hydroxylation is 2. The molecular weight excluding hydrogens is 415 g/mol. The molecule has 2 aromatic rings. The summed E-state index contributed by atoms with van der Waals surface area (Å²) in [5.41, 5.74) is 3.13. The minimum atomic E-state index is -3.73. The van der Waals surface area contributed by atoms with Crippen LogP contribution in [0, 0.1) is 19.3 Å². The van der Waals surface area contributed by atoms with Gasteiger partial charge in [0.2, 0.25) is 0 Å². The highest BCUT2D eigenvalue weighted by Gasteiger charge is 2.40. The molecule has 0 radical (unpaired) electrons. The van der Waals surface area contributed by atoms with Crippen molar-refractivity contribution in [2.45, 2.75) is 52.4 Å². The average molecular weight is 445 g/mol. The molecule has 3 rings (SSSR count). The number of carbonyl (C=O) groups is 1. The second-order valence-corrected chi connectivity index (χ2v) is 11.0. The number of Topliss-reactive ketones (excluding diaryl/α,β-unsaturated/α-hetero) is 1. The molecule has 0 fully saturated rings. The smallest absolute Gasteiger partial charge is 0.411 e. The van der Waals surface area contributed by atoms with Crippen LogP contribution in [0.1, 0.15) is 50.3 Å². The first-order valence-electron chi connectivity index (χ1n) is 10.1. The molecule has 1 atom stereocenters. The molecule has 2 aromatic carbocycles. The van der Waals surface area contributed by atoms with Crippen LogP contribution in [-0.2, 0) is 18.4 Å². The van der Waals surface area contributed by atoms with Crippen LogP contribution < -0.4 is 5.30 Å². The Morgan fingerprint density at radius 2 is 1.80 bits per heavy atom. The van der Waals surface area contributed by atoms with Crippen molar-refractivity contribution in [3.05, 3.63) is 64.9 Å². The molecule has 1 aliphatic carbocycles. The zero-order valence-corrected chi connectivity index (χ0v) is 20.0. The predicted molar refractivity (Wildman–Crippen MR) is 125 cm³/mol. The highest BCUT2D eigenvalue weighted by molar-refractivity contribution is 7.81. The maximum atomic E-state index is 13.9.